The van der Waals surface area contributed by atoms with Crippen molar-refractivity contribution in [2.75, 3.05) is 5.75 Å². The molecule has 1 aromatic carbocycles. The van der Waals surface area contributed by atoms with Crippen LogP contribution >= 0.6 is 0 Å². The topological polar surface area (TPSA) is 54.4 Å². The number of benzene rings is 1. The summed E-state index contributed by atoms with van der Waals surface area (Å²) in [5.41, 5.74) is 0. The molecule has 0 saturated heterocycles. The van der Waals surface area contributed by atoms with Crippen LogP contribution in [0, 0.1) is 11.6 Å². The number of halogens is 2. The Morgan fingerprint density at radius 3 is 2.62 bits per heavy atom. The quantitative estimate of drug-likeness (QED) is 0.866. The van der Waals surface area contributed by atoms with Gasteiger partial charge in [0.1, 0.15) is 11.6 Å². The lowest BCUT2D eigenvalue weighted by molar-refractivity contribution is -0.137. The maximum Gasteiger partial charge on any atom is 0.303 e. The van der Waals surface area contributed by atoms with Crippen molar-refractivity contribution in [3.63, 3.8) is 0 Å². The minimum Gasteiger partial charge on any atom is -0.481 e. The van der Waals surface area contributed by atoms with E-state index in [9.17, 15) is 17.8 Å². The molecule has 0 heterocycles. The first-order valence-electron chi connectivity index (χ1n) is 4.56. The summed E-state index contributed by atoms with van der Waals surface area (Å²) in [5, 5.41) is 8.37. The highest BCUT2D eigenvalue weighted by Crippen LogP contribution is 2.14. The zero-order valence-electron chi connectivity index (χ0n) is 8.28. The van der Waals surface area contributed by atoms with Crippen molar-refractivity contribution >= 4 is 16.8 Å². The summed E-state index contributed by atoms with van der Waals surface area (Å²) < 4.78 is 37.2. The van der Waals surface area contributed by atoms with Gasteiger partial charge in [0.2, 0.25) is 0 Å². The molecule has 1 N–H and O–H groups in total. The third kappa shape index (κ3) is 3.69. The highest BCUT2D eigenvalue weighted by Gasteiger charge is 2.11. The van der Waals surface area contributed by atoms with Crippen molar-refractivity contribution in [1.29, 1.82) is 0 Å². The van der Waals surface area contributed by atoms with Crippen molar-refractivity contribution in [2.45, 2.75) is 17.7 Å². The fraction of sp³-hybridized carbons (Fsp3) is 0.300. The summed E-state index contributed by atoms with van der Waals surface area (Å²) in [6.07, 6.45) is 0.0767. The van der Waals surface area contributed by atoms with E-state index in [-0.39, 0.29) is 23.5 Å². The van der Waals surface area contributed by atoms with Crippen LogP contribution in [0.25, 0.3) is 0 Å². The van der Waals surface area contributed by atoms with Crippen molar-refractivity contribution in [3.8, 4) is 0 Å². The number of carboxylic acids is 1. The molecule has 0 fully saturated rings. The number of hydrogen-bond donors (Lipinski definition) is 1. The standard InChI is InChI=1S/C10H10F2O3S/c11-7-3-4-9(8(12)6-7)16(15)5-1-2-10(13)14/h3-4,6H,1-2,5H2,(H,13,14). The van der Waals surface area contributed by atoms with E-state index in [2.05, 4.69) is 0 Å². The van der Waals surface area contributed by atoms with Crippen LogP contribution in [0.15, 0.2) is 23.1 Å². The van der Waals surface area contributed by atoms with Crippen LogP contribution in [0.2, 0.25) is 0 Å². The Kier molecular flexibility index (Phi) is 4.54. The normalized spacial score (nSPS) is 12.4. The van der Waals surface area contributed by atoms with Gasteiger partial charge in [0.15, 0.2) is 0 Å². The summed E-state index contributed by atoms with van der Waals surface area (Å²) >= 11 is 0. The SMILES string of the molecule is O=C(O)CCCS(=O)c1ccc(F)cc1F. The Morgan fingerprint density at radius 1 is 1.38 bits per heavy atom. The van der Waals surface area contributed by atoms with Crippen molar-refractivity contribution in [1.82, 2.24) is 0 Å². The zero-order chi connectivity index (χ0) is 12.1. The molecule has 0 spiro atoms. The molecule has 0 aromatic heterocycles. The van der Waals surface area contributed by atoms with Crippen molar-refractivity contribution in [2.24, 2.45) is 0 Å². The number of carboxylic acid groups (broad SMARTS) is 1. The molecule has 3 nitrogen and oxygen atoms in total. The van der Waals surface area contributed by atoms with Crippen LogP contribution in [-0.2, 0) is 15.6 Å². The molecule has 0 amide bonds. The summed E-state index contributed by atoms with van der Waals surface area (Å²) in [7, 11) is -1.62. The molecule has 1 aromatic rings. The van der Waals surface area contributed by atoms with E-state index >= 15 is 0 Å². The van der Waals surface area contributed by atoms with Gasteiger partial charge in [0, 0.05) is 18.2 Å². The number of hydrogen-bond acceptors (Lipinski definition) is 2. The molecule has 0 bridgehead atoms. The summed E-state index contributed by atoms with van der Waals surface area (Å²) in [6, 6.07) is 2.79. The Hall–Kier alpha value is -1.30. The summed E-state index contributed by atoms with van der Waals surface area (Å²) in [6.45, 7) is 0. The van der Waals surface area contributed by atoms with Crippen LogP contribution in [-0.4, -0.2) is 21.0 Å². The van der Waals surface area contributed by atoms with Gasteiger partial charge in [0.05, 0.1) is 15.7 Å². The average molecular weight is 248 g/mol. The van der Waals surface area contributed by atoms with E-state index in [0.717, 1.165) is 12.1 Å². The molecule has 88 valence electrons. The second-order valence-corrected chi connectivity index (χ2v) is 4.66. The van der Waals surface area contributed by atoms with Crippen LogP contribution in [0.1, 0.15) is 12.8 Å². The largest absolute Gasteiger partial charge is 0.481 e. The van der Waals surface area contributed by atoms with Gasteiger partial charge in [-0.05, 0) is 18.6 Å². The molecular weight excluding hydrogens is 238 g/mol. The van der Waals surface area contributed by atoms with Gasteiger partial charge >= 0.3 is 5.97 Å². The van der Waals surface area contributed by atoms with E-state index < -0.39 is 28.4 Å². The predicted molar refractivity (Wildman–Crippen MR) is 54.5 cm³/mol. The van der Waals surface area contributed by atoms with Crippen LogP contribution in [0.5, 0.6) is 0 Å². The molecule has 0 saturated carbocycles. The van der Waals surface area contributed by atoms with Gasteiger partial charge in [-0.15, -0.1) is 0 Å². The molecule has 0 aliphatic rings. The number of aliphatic carboxylic acids is 1. The second-order valence-electron chi connectivity index (χ2n) is 3.12. The van der Waals surface area contributed by atoms with E-state index in [4.69, 9.17) is 5.11 Å². The molecule has 16 heavy (non-hydrogen) atoms. The van der Waals surface area contributed by atoms with E-state index in [1.807, 2.05) is 0 Å². The van der Waals surface area contributed by atoms with Crippen molar-refractivity contribution < 1.29 is 22.9 Å². The average Bonchev–Trinajstić information content (AvgIpc) is 2.16. The van der Waals surface area contributed by atoms with Gasteiger partial charge in [-0.1, -0.05) is 0 Å². The number of carbonyl (C=O) groups is 1. The third-order valence-electron chi connectivity index (χ3n) is 1.86. The van der Waals surface area contributed by atoms with E-state index in [1.54, 1.807) is 0 Å². The highest BCUT2D eigenvalue weighted by atomic mass is 32.2. The molecule has 0 aliphatic carbocycles. The predicted octanol–water partition coefficient (Wildman–Crippen LogP) is 1.94. The Labute approximate surface area is 93.6 Å². The fourth-order valence-electron chi connectivity index (χ4n) is 1.12. The third-order valence-corrected chi connectivity index (χ3v) is 3.34. The van der Waals surface area contributed by atoms with Crippen LogP contribution < -0.4 is 0 Å². The highest BCUT2D eigenvalue weighted by molar-refractivity contribution is 7.85. The van der Waals surface area contributed by atoms with Gasteiger partial charge < -0.3 is 5.11 Å². The monoisotopic (exact) mass is 248 g/mol. The molecular formula is C10H10F2O3S. The zero-order valence-corrected chi connectivity index (χ0v) is 9.10. The van der Waals surface area contributed by atoms with E-state index in [1.165, 1.54) is 0 Å². The molecule has 1 rings (SSSR count). The lowest BCUT2D eigenvalue weighted by atomic mass is 10.3. The molecule has 0 aliphatic heterocycles. The first kappa shape index (κ1) is 12.8. The van der Waals surface area contributed by atoms with Crippen LogP contribution in [0.3, 0.4) is 0 Å². The lowest BCUT2D eigenvalue weighted by Crippen LogP contribution is -2.04. The first-order chi connectivity index (χ1) is 7.50. The van der Waals surface area contributed by atoms with Gasteiger partial charge in [0.25, 0.3) is 0 Å². The number of rotatable bonds is 5. The molecule has 1 atom stereocenters. The maximum absolute atomic E-state index is 13.1. The minimum atomic E-state index is -1.62. The minimum absolute atomic E-state index is 0.0504. The molecule has 1 unspecified atom stereocenters. The molecule has 6 heteroatoms. The Balaban J connectivity index is 2.63. The van der Waals surface area contributed by atoms with E-state index in [0.29, 0.717) is 6.07 Å². The van der Waals surface area contributed by atoms with Gasteiger partial charge in [-0.3, -0.25) is 9.00 Å². The Morgan fingerprint density at radius 2 is 2.06 bits per heavy atom. The lowest BCUT2D eigenvalue weighted by Gasteiger charge is -2.02. The Bertz CT molecular complexity index is 421. The molecule has 0 radical (unpaired) electrons. The summed E-state index contributed by atoms with van der Waals surface area (Å²) in [5.74, 6) is -2.54. The van der Waals surface area contributed by atoms with Crippen LogP contribution in [0.4, 0.5) is 8.78 Å². The summed E-state index contributed by atoms with van der Waals surface area (Å²) in [4.78, 5) is 10.1. The maximum atomic E-state index is 13.1. The first-order valence-corrected chi connectivity index (χ1v) is 5.88. The second kappa shape index (κ2) is 5.69. The van der Waals surface area contributed by atoms with Gasteiger partial charge in [-0.2, -0.15) is 0 Å². The van der Waals surface area contributed by atoms with Gasteiger partial charge in [-0.25, -0.2) is 8.78 Å². The fourth-order valence-corrected chi connectivity index (χ4v) is 2.25. The van der Waals surface area contributed by atoms with Crippen molar-refractivity contribution in [3.05, 3.63) is 29.8 Å². The smallest absolute Gasteiger partial charge is 0.303 e.